The average molecular weight is 329 g/mol. The molecule has 1 saturated heterocycles. The Morgan fingerprint density at radius 1 is 1.38 bits per heavy atom. The van der Waals surface area contributed by atoms with Crippen molar-refractivity contribution < 1.29 is 4.79 Å². The van der Waals surface area contributed by atoms with Crippen LogP contribution in [0.5, 0.6) is 0 Å². The lowest BCUT2D eigenvalue weighted by atomic mass is 10.1. The molecule has 1 atom stereocenters. The Kier molecular flexibility index (Phi) is 7.57. The third-order valence-electron chi connectivity index (χ3n) is 3.88. The number of piperazine rings is 1. The number of amides is 1. The van der Waals surface area contributed by atoms with E-state index in [1.165, 1.54) is 16.0 Å². The van der Waals surface area contributed by atoms with E-state index >= 15 is 0 Å². The number of hydrogen-bond donors (Lipinski definition) is 1. The van der Waals surface area contributed by atoms with Crippen molar-refractivity contribution in [1.82, 2.24) is 10.2 Å². The van der Waals surface area contributed by atoms with Crippen LogP contribution in [-0.2, 0) is 4.79 Å². The Labute approximate surface area is 138 Å². The fourth-order valence-corrected chi connectivity index (χ4v) is 3.35. The lowest BCUT2D eigenvalue weighted by Crippen LogP contribution is -2.52. The molecule has 1 fully saturated rings. The van der Waals surface area contributed by atoms with Gasteiger partial charge in [0.1, 0.15) is 0 Å². The van der Waals surface area contributed by atoms with Crippen LogP contribution in [0.2, 0.25) is 0 Å². The van der Waals surface area contributed by atoms with Crippen molar-refractivity contribution in [1.29, 1.82) is 0 Å². The lowest BCUT2D eigenvalue weighted by Gasteiger charge is -2.34. The van der Waals surface area contributed by atoms with Gasteiger partial charge in [-0.3, -0.25) is 4.79 Å². The van der Waals surface area contributed by atoms with Gasteiger partial charge in [-0.15, -0.1) is 24.2 Å². The zero-order chi connectivity index (χ0) is 14.5. The molecule has 0 unspecified atom stereocenters. The molecule has 118 valence electrons. The maximum absolute atomic E-state index is 12.2. The molecule has 3 nitrogen and oxygen atoms in total. The van der Waals surface area contributed by atoms with Gasteiger partial charge in [0.25, 0.3) is 0 Å². The van der Waals surface area contributed by atoms with E-state index in [-0.39, 0.29) is 18.3 Å². The minimum absolute atomic E-state index is 0. The molecule has 1 N–H and O–H groups in total. The van der Waals surface area contributed by atoms with Crippen LogP contribution in [0.25, 0.3) is 0 Å². The topological polar surface area (TPSA) is 32.3 Å². The summed E-state index contributed by atoms with van der Waals surface area (Å²) >= 11 is 1.77. The van der Waals surface area contributed by atoms with Crippen molar-refractivity contribution >= 4 is 30.1 Å². The Hall–Kier alpha value is -0.710. The van der Waals surface area contributed by atoms with Crippen molar-refractivity contribution in [2.75, 3.05) is 25.4 Å². The summed E-state index contributed by atoms with van der Waals surface area (Å²) in [5.74, 6) is 1.15. The number of nitrogens with one attached hydrogen (secondary N) is 1. The second kappa shape index (κ2) is 8.66. The summed E-state index contributed by atoms with van der Waals surface area (Å²) in [6, 6.07) is 6.82. The van der Waals surface area contributed by atoms with Crippen molar-refractivity contribution in [3.05, 3.63) is 29.3 Å². The molecule has 0 aliphatic carbocycles. The van der Waals surface area contributed by atoms with Gasteiger partial charge in [-0.1, -0.05) is 6.07 Å². The molecule has 1 aromatic carbocycles. The minimum Gasteiger partial charge on any atom is -0.337 e. The quantitative estimate of drug-likeness (QED) is 0.862. The van der Waals surface area contributed by atoms with Crippen molar-refractivity contribution in [3.63, 3.8) is 0 Å². The highest BCUT2D eigenvalue weighted by Crippen LogP contribution is 2.22. The van der Waals surface area contributed by atoms with Crippen LogP contribution in [0.3, 0.4) is 0 Å². The average Bonchev–Trinajstić information content (AvgIpc) is 2.43. The fraction of sp³-hybridized carbons (Fsp3) is 0.562. The normalized spacial score (nSPS) is 18.2. The molecule has 21 heavy (non-hydrogen) atoms. The van der Waals surface area contributed by atoms with Gasteiger partial charge in [0.15, 0.2) is 0 Å². The first kappa shape index (κ1) is 18.3. The highest BCUT2D eigenvalue weighted by atomic mass is 35.5. The lowest BCUT2D eigenvalue weighted by molar-refractivity contribution is -0.133. The van der Waals surface area contributed by atoms with Gasteiger partial charge in [0.05, 0.1) is 0 Å². The number of benzene rings is 1. The van der Waals surface area contributed by atoms with Crippen LogP contribution >= 0.6 is 24.2 Å². The third kappa shape index (κ3) is 5.20. The van der Waals surface area contributed by atoms with Crippen LogP contribution < -0.4 is 5.32 Å². The summed E-state index contributed by atoms with van der Waals surface area (Å²) in [7, 11) is 0. The largest absolute Gasteiger partial charge is 0.337 e. The number of halogens is 1. The van der Waals surface area contributed by atoms with Gasteiger partial charge in [0.2, 0.25) is 5.91 Å². The van der Waals surface area contributed by atoms with E-state index < -0.39 is 0 Å². The fourth-order valence-electron chi connectivity index (χ4n) is 2.42. The van der Waals surface area contributed by atoms with E-state index in [9.17, 15) is 4.79 Å². The van der Waals surface area contributed by atoms with E-state index in [0.717, 1.165) is 25.4 Å². The molecule has 0 aromatic heterocycles. The van der Waals surface area contributed by atoms with Gasteiger partial charge < -0.3 is 10.2 Å². The second-order valence-corrected chi connectivity index (χ2v) is 6.65. The molecule has 1 aliphatic heterocycles. The molecule has 2 rings (SSSR count). The highest BCUT2D eigenvalue weighted by molar-refractivity contribution is 7.99. The van der Waals surface area contributed by atoms with Crippen LogP contribution in [0.4, 0.5) is 0 Å². The Balaban J connectivity index is 0.00000220. The molecule has 0 radical (unpaired) electrons. The minimum atomic E-state index is 0. The summed E-state index contributed by atoms with van der Waals surface area (Å²) < 4.78 is 0. The highest BCUT2D eigenvalue weighted by Gasteiger charge is 2.22. The van der Waals surface area contributed by atoms with E-state index in [1.807, 2.05) is 4.90 Å². The van der Waals surface area contributed by atoms with Gasteiger partial charge in [-0.2, -0.15) is 0 Å². The zero-order valence-electron chi connectivity index (χ0n) is 13.0. The molecular formula is C16H25ClN2OS. The number of rotatable bonds is 4. The molecule has 1 aromatic rings. The molecule has 1 aliphatic rings. The Morgan fingerprint density at radius 3 is 2.81 bits per heavy atom. The summed E-state index contributed by atoms with van der Waals surface area (Å²) in [4.78, 5) is 15.5. The van der Waals surface area contributed by atoms with E-state index in [4.69, 9.17) is 0 Å². The number of aryl methyl sites for hydroxylation is 2. The number of carbonyl (C=O) groups is 1. The number of hydrogen-bond acceptors (Lipinski definition) is 3. The summed E-state index contributed by atoms with van der Waals surface area (Å²) in [6.07, 6.45) is 0.627. The van der Waals surface area contributed by atoms with Crippen LogP contribution in [0, 0.1) is 13.8 Å². The maximum Gasteiger partial charge on any atom is 0.223 e. The van der Waals surface area contributed by atoms with Crippen LogP contribution in [0.15, 0.2) is 23.1 Å². The van der Waals surface area contributed by atoms with Gasteiger partial charge in [-0.05, 0) is 44.0 Å². The third-order valence-corrected chi connectivity index (χ3v) is 4.88. The van der Waals surface area contributed by atoms with Gasteiger partial charge in [0, 0.05) is 42.7 Å². The number of nitrogens with zero attached hydrogens (tertiary/aromatic N) is 1. The first-order chi connectivity index (χ1) is 9.58. The maximum atomic E-state index is 12.2. The zero-order valence-corrected chi connectivity index (χ0v) is 14.6. The second-order valence-electron chi connectivity index (χ2n) is 5.48. The van der Waals surface area contributed by atoms with E-state index in [0.29, 0.717) is 12.5 Å². The molecule has 5 heteroatoms. The van der Waals surface area contributed by atoms with Gasteiger partial charge >= 0.3 is 0 Å². The first-order valence-corrected chi connectivity index (χ1v) is 8.26. The summed E-state index contributed by atoms with van der Waals surface area (Å²) in [5, 5.41) is 3.31. The molecule has 0 spiro atoms. The van der Waals surface area contributed by atoms with Crippen molar-refractivity contribution in [3.8, 4) is 0 Å². The molecule has 1 amide bonds. The number of carbonyl (C=O) groups excluding carboxylic acids is 1. The van der Waals surface area contributed by atoms with Crippen molar-refractivity contribution in [2.24, 2.45) is 0 Å². The molecular weight excluding hydrogens is 304 g/mol. The molecule has 0 saturated carbocycles. The standard InChI is InChI=1S/C16H24N2OS.ClH/c1-12-4-5-15(10-13(12)2)20-9-6-16(19)18-8-7-17-11-14(18)3;/h4-5,10,14,17H,6-9,11H2,1-3H3;1H/t14-;/m1./s1. The summed E-state index contributed by atoms with van der Waals surface area (Å²) in [6.45, 7) is 9.04. The molecule has 1 heterocycles. The smallest absolute Gasteiger partial charge is 0.223 e. The van der Waals surface area contributed by atoms with E-state index in [1.54, 1.807) is 11.8 Å². The molecule has 0 bridgehead atoms. The Morgan fingerprint density at radius 2 is 2.14 bits per heavy atom. The van der Waals surface area contributed by atoms with Gasteiger partial charge in [-0.25, -0.2) is 0 Å². The first-order valence-electron chi connectivity index (χ1n) is 7.28. The van der Waals surface area contributed by atoms with E-state index in [2.05, 4.69) is 44.3 Å². The van der Waals surface area contributed by atoms with Crippen LogP contribution in [0.1, 0.15) is 24.5 Å². The monoisotopic (exact) mass is 328 g/mol. The number of thioether (sulfide) groups is 1. The van der Waals surface area contributed by atoms with Crippen LogP contribution in [-0.4, -0.2) is 42.2 Å². The SMILES string of the molecule is Cc1ccc(SCCC(=O)N2CCNC[C@H]2C)cc1C.Cl. The Bertz CT molecular complexity index is 481. The predicted octanol–water partition coefficient (Wildman–Crippen LogP) is 3.03. The predicted molar refractivity (Wildman–Crippen MR) is 92.5 cm³/mol. The summed E-state index contributed by atoms with van der Waals surface area (Å²) in [5.41, 5.74) is 2.64. The van der Waals surface area contributed by atoms with Crippen molar-refractivity contribution in [2.45, 2.75) is 38.1 Å².